The van der Waals surface area contributed by atoms with Crippen LogP contribution in [-0.2, 0) is 6.42 Å². The third kappa shape index (κ3) is 2.84. The second-order valence-electron chi connectivity index (χ2n) is 6.19. The van der Waals surface area contributed by atoms with Gasteiger partial charge in [-0.15, -0.1) is 0 Å². The maximum atomic E-state index is 12.7. The van der Waals surface area contributed by atoms with Crippen LogP contribution in [0.3, 0.4) is 0 Å². The molecule has 25 heavy (non-hydrogen) atoms. The average molecular weight is 339 g/mol. The predicted molar refractivity (Wildman–Crippen MR) is 93.6 cm³/mol. The van der Waals surface area contributed by atoms with Crippen molar-refractivity contribution in [2.45, 2.75) is 19.4 Å². The third-order valence-corrected chi connectivity index (χ3v) is 4.33. The van der Waals surface area contributed by atoms with Crippen LogP contribution < -0.4 is 10.1 Å². The van der Waals surface area contributed by atoms with Crippen LogP contribution in [0.25, 0.3) is 22.2 Å². The molecule has 1 aliphatic heterocycles. The summed E-state index contributed by atoms with van der Waals surface area (Å²) in [4.78, 5) is 19.9. The monoisotopic (exact) mass is 339 g/mol. The number of nitrogens with zero attached hydrogens (tertiary/aromatic N) is 1. The Morgan fingerprint density at radius 2 is 2.16 bits per heavy atom. The van der Waals surface area contributed by atoms with Gasteiger partial charge in [-0.1, -0.05) is 18.2 Å². The minimum absolute atomic E-state index is 0.0576. The lowest BCUT2D eigenvalue weighted by Crippen LogP contribution is -2.31. The van der Waals surface area contributed by atoms with Gasteiger partial charge in [0.25, 0.3) is 5.91 Å². The molecule has 6 heteroatoms. The minimum atomic E-state index is -0.570. The number of halogens is 1. The molecule has 0 aliphatic carbocycles. The predicted octanol–water partition coefficient (Wildman–Crippen LogP) is 3.25. The number of hydrogen-bond donors (Lipinski definition) is 2. The van der Waals surface area contributed by atoms with Crippen molar-refractivity contribution in [3.63, 3.8) is 0 Å². The quantitative estimate of drug-likeness (QED) is 0.767. The fourth-order valence-electron chi connectivity index (χ4n) is 3.09. The Labute approximate surface area is 144 Å². The number of nitrogens with one attached hydrogen (secondary N) is 2. The van der Waals surface area contributed by atoms with Crippen LogP contribution >= 0.6 is 0 Å². The van der Waals surface area contributed by atoms with E-state index in [9.17, 15) is 9.18 Å². The molecule has 0 radical (unpaired) electrons. The zero-order valence-corrected chi connectivity index (χ0v) is 13.8. The fourth-order valence-corrected chi connectivity index (χ4v) is 3.09. The van der Waals surface area contributed by atoms with Crippen LogP contribution in [0.2, 0.25) is 0 Å². The molecule has 3 heterocycles. The molecule has 0 spiro atoms. The zero-order chi connectivity index (χ0) is 17.4. The van der Waals surface area contributed by atoms with E-state index < -0.39 is 12.8 Å². The van der Waals surface area contributed by atoms with Crippen LogP contribution in [0.5, 0.6) is 5.88 Å². The number of pyridine rings is 1. The number of rotatable bonds is 4. The summed E-state index contributed by atoms with van der Waals surface area (Å²) in [5.41, 5.74) is 4.10. The van der Waals surface area contributed by atoms with Gasteiger partial charge in [-0.2, -0.15) is 0 Å². The van der Waals surface area contributed by atoms with Crippen molar-refractivity contribution in [2.75, 3.05) is 13.2 Å². The SMILES string of the molecule is CC(CF)Oc1ccc2cccc(-c3cc4c([nH]3)CCNC4=O)c2n1. The van der Waals surface area contributed by atoms with E-state index in [4.69, 9.17) is 4.74 Å². The first-order valence-corrected chi connectivity index (χ1v) is 8.28. The summed E-state index contributed by atoms with van der Waals surface area (Å²) in [6.45, 7) is 1.73. The van der Waals surface area contributed by atoms with E-state index >= 15 is 0 Å². The zero-order valence-electron chi connectivity index (χ0n) is 13.8. The summed E-state index contributed by atoms with van der Waals surface area (Å²) in [5.74, 6) is 0.330. The summed E-state index contributed by atoms with van der Waals surface area (Å²) in [7, 11) is 0. The highest BCUT2D eigenvalue weighted by Crippen LogP contribution is 2.30. The average Bonchev–Trinajstić information content (AvgIpc) is 3.06. The summed E-state index contributed by atoms with van der Waals surface area (Å²) in [5, 5.41) is 3.80. The molecule has 0 bridgehead atoms. The smallest absolute Gasteiger partial charge is 0.253 e. The Bertz CT molecular complexity index is 951. The molecule has 1 unspecified atom stereocenters. The van der Waals surface area contributed by atoms with Crippen LogP contribution in [0.15, 0.2) is 36.4 Å². The van der Waals surface area contributed by atoms with E-state index in [1.807, 2.05) is 30.3 Å². The van der Waals surface area contributed by atoms with Crippen LogP contribution in [0.4, 0.5) is 4.39 Å². The molecule has 1 amide bonds. The van der Waals surface area contributed by atoms with Crippen molar-refractivity contribution in [1.82, 2.24) is 15.3 Å². The van der Waals surface area contributed by atoms with Crippen LogP contribution in [0, 0.1) is 0 Å². The number of ether oxygens (including phenoxy) is 1. The number of H-pyrrole nitrogens is 1. The Morgan fingerprint density at radius 3 is 2.96 bits per heavy atom. The second-order valence-corrected chi connectivity index (χ2v) is 6.19. The van der Waals surface area contributed by atoms with E-state index in [1.54, 1.807) is 13.0 Å². The van der Waals surface area contributed by atoms with E-state index in [-0.39, 0.29) is 5.91 Å². The van der Waals surface area contributed by atoms with Crippen molar-refractivity contribution >= 4 is 16.8 Å². The van der Waals surface area contributed by atoms with Crippen LogP contribution in [0.1, 0.15) is 23.0 Å². The van der Waals surface area contributed by atoms with Gasteiger partial charge in [-0.3, -0.25) is 4.79 Å². The summed E-state index contributed by atoms with van der Waals surface area (Å²) in [6, 6.07) is 11.4. The summed E-state index contributed by atoms with van der Waals surface area (Å²) >= 11 is 0. The first-order valence-electron chi connectivity index (χ1n) is 8.28. The Morgan fingerprint density at radius 1 is 1.28 bits per heavy atom. The van der Waals surface area contributed by atoms with Gasteiger partial charge in [0.15, 0.2) is 0 Å². The number of fused-ring (bicyclic) bond motifs is 2. The number of alkyl halides is 1. The molecule has 3 aromatic rings. The van der Waals surface area contributed by atoms with Gasteiger partial charge < -0.3 is 15.0 Å². The van der Waals surface area contributed by atoms with E-state index in [0.29, 0.717) is 18.0 Å². The standard InChI is InChI=1S/C19H18FN3O2/c1-11(10-20)25-17-6-5-12-3-2-4-13(18(12)23-17)16-9-14-15(22-16)7-8-21-19(14)24/h2-6,9,11,22H,7-8,10H2,1H3,(H,21,24). The molecule has 0 saturated heterocycles. The number of aromatic nitrogens is 2. The molecule has 1 aliphatic rings. The molecule has 2 aromatic heterocycles. The molecule has 128 valence electrons. The van der Waals surface area contributed by atoms with Gasteiger partial charge in [-0.25, -0.2) is 9.37 Å². The van der Waals surface area contributed by atoms with Crippen molar-refractivity contribution in [3.05, 3.63) is 47.7 Å². The number of amides is 1. The van der Waals surface area contributed by atoms with Gasteiger partial charge in [0.05, 0.1) is 11.1 Å². The maximum absolute atomic E-state index is 12.7. The molecule has 1 aromatic carbocycles. The van der Waals surface area contributed by atoms with Gasteiger partial charge in [0.1, 0.15) is 12.8 Å². The van der Waals surface area contributed by atoms with Crippen molar-refractivity contribution in [3.8, 4) is 17.1 Å². The number of para-hydroxylation sites is 1. The highest BCUT2D eigenvalue weighted by molar-refractivity contribution is 6.00. The van der Waals surface area contributed by atoms with Crippen molar-refractivity contribution in [1.29, 1.82) is 0 Å². The summed E-state index contributed by atoms with van der Waals surface area (Å²) in [6.07, 6.45) is 0.236. The molecule has 4 rings (SSSR count). The lowest BCUT2D eigenvalue weighted by atomic mass is 10.1. The second kappa shape index (κ2) is 6.20. The summed E-state index contributed by atoms with van der Waals surface area (Å²) < 4.78 is 18.2. The number of carbonyl (C=O) groups is 1. The number of hydrogen-bond acceptors (Lipinski definition) is 3. The number of benzene rings is 1. The minimum Gasteiger partial charge on any atom is -0.472 e. The molecule has 0 fully saturated rings. The highest BCUT2D eigenvalue weighted by Gasteiger charge is 2.21. The van der Waals surface area contributed by atoms with Crippen LogP contribution in [-0.4, -0.2) is 35.2 Å². The molecule has 5 nitrogen and oxygen atoms in total. The van der Waals surface area contributed by atoms with Crippen molar-refractivity contribution < 1.29 is 13.9 Å². The lowest BCUT2D eigenvalue weighted by Gasteiger charge is -2.12. The topological polar surface area (TPSA) is 67.0 Å². The Hall–Kier alpha value is -2.89. The largest absolute Gasteiger partial charge is 0.472 e. The number of carbonyl (C=O) groups excluding carboxylic acids is 1. The van der Waals surface area contributed by atoms with Gasteiger partial charge in [0, 0.05) is 41.4 Å². The van der Waals surface area contributed by atoms with E-state index in [1.165, 1.54) is 0 Å². The lowest BCUT2D eigenvalue weighted by molar-refractivity contribution is 0.0946. The molecule has 2 N–H and O–H groups in total. The maximum Gasteiger partial charge on any atom is 0.253 e. The fraction of sp³-hybridized carbons (Fsp3) is 0.263. The van der Waals surface area contributed by atoms with E-state index in [0.717, 1.165) is 34.3 Å². The first-order chi connectivity index (χ1) is 12.2. The van der Waals surface area contributed by atoms with Gasteiger partial charge >= 0.3 is 0 Å². The molecule has 0 saturated carbocycles. The van der Waals surface area contributed by atoms with Gasteiger partial charge in [0.2, 0.25) is 5.88 Å². The van der Waals surface area contributed by atoms with Gasteiger partial charge in [-0.05, 0) is 19.1 Å². The highest BCUT2D eigenvalue weighted by atomic mass is 19.1. The Balaban J connectivity index is 1.81. The molecule has 1 atom stereocenters. The Kier molecular flexibility index (Phi) is 3.87. The van der Waals surface area contributed by atoms with E-state index in [2.05, 4.69) is 15.3 Å². The van der Waals surface area contributed by atoms with Crippen molar-refractivity contribution in [2.24, 2.45) is 0 Å². The molecular weight excluding hydrogens is 321 g/mol. The molecular formula is C19H18FN3O2. The first kappa shape index (κ1) is 15.6. The third-order valence-electron chi connectivity index (χ3n) is 4.33. The number of aromatic amines is 1. The normalized spacial score (nSPS) is 14.9.